The lowest BCUT2D eigenvalue weighted by Gasteiger charge is -2.12. The van der Waals surface area contributed by atoms with Crippen LogP contribution in [0, 0.1) is 0 Å². The molecule has 0 fully saturated rings. The summed E-state index contributed by atoms with van der Waals surface area (Å²) in [4.78, 5) is 11.8. The minimum absolute atomic E-state index is 0.0243. The molecule has 4 rings (SSSR count). The lowest BCUT2D eigenvalue weighted by molar-refractivity contribution is 0.101. The summed E-state index contributed by atoms with van der Waals surface area (Å²) < 4.78 is 13.7. The summed E-state index contributed by atoms with van der Waals surface area (Å²) >= 11 is 1.53. The van der Waals surface area contributed by atoms with Gasteiger partial charge in [-0.2, -0.15) is 0 Å². The number of fused-ring (bicyclic) bond motifs is 1. The van der Waals surface area contributed by atoms with Crippen LogP contribution in [0.1, 0.15) is 29.8 Å². The molecule has 158 valence electrons. The van der Waals surface area contributed by atoms with Crippen LogP contribution in [-0.4, -0.2) is 27.2 Å². The molecule has 6 nitrogen and oxygen atoms in total. The van der Waals surface area contributed by atoms with Gasteiger partial charge in [0.2, 0.25) is 5.82 Å². The molecule has 0 saturated carbocycles. The van der Waals surface area contributed by atoms with E-state index in [0.717, 1.165) is 27.4 Å². The number of nitrogens with zero attached hydrogens (tertiary/aromatic N) is 3. The number of aromatic nitrogens is 3. The molecule has 0 atom stereocenters. The number of thioether (sulfide) groups is 1. The number of allylic oxidation sites excluding steroid dienone is 1. The fourth-order valence-corrected chi connectivity index (χ4v) is 4.24. The SMILES string of the molecule is C=CCn1c(SCc2cc(C(C)=O)ccc2OCC)nnc1-c1cc2ccccc2o1. The van der Waals surface area contributed by atoms with Crippen LogP contribution < -0.4 is 4.74 Å². The molecular weight excluding hydrogens is 410 g/mol. The van der Waals surface area contributed by atoms with Crippen molar-refractivity contribution in [3.05, 3.63) is 72.3 Å². The van der Waals surface area contributed by atoms with E-state index in [-0.39, 0.29) is 5.78 Å². The van der Waals surface area contributed by atoms with Gasteiger partial charge in [-0.3, -0.25) is 9.36 Å². The normalized spacial score (nSPS) is 11.0. The lowest BCUT2D eigenvalue weighted by atomic mass is 10.1. The molecule has 0 saturated heterocycles. The first-order valence-electron chi connectivity index (χ1n) is 10.0. The molecule has 0 N–H and O–H groups in total. The van der Waals surface area contributed by atoms with E-state index in [1.54, 1.807) is 13.0 Å². The van der Waals surface area contributed by atoms with Gasteiger partial charge in [0.15, 0.2) is 16.7 Å². The summed E-state index contributed by atoms with van der Waals surface area (Å²) in [5.74, 6) is 2.70. The van der Waals surface area contributed by atoms with Crippen LogP contribution in [0.5, 0.6) is 5.75 Å². The van der Waals surface area contributed by atoms with E-state index in [0.29, 0.717) is 36.1 Å². The number of hydrogen-bond donors (Lipinski definition) is 0. The topological polar surface area (TPSA) is 70.2 Å². The van der Waals surface area contributed by atoms with E-state index < -0.39 is 0 Å². The van der Waals surface area contributed by atoms with Crippen LogP contribution in [0.3, 0.4) is 0 Å². The first-order chi connectivity index (χ1) is 15.1. The number of carbonyl (C=O) groups excluding carboxylic acids is 1. The van der Waals surface area contributed by atoms with Crippen LogP contribution in [0.4, 0.5) is 0 Å². The Morgan fingerprint density at radius 1 is 1.23 bits per heavy atom. The first kappa shape index (κ1) is 20.9. The van der Waals surface area contributed by atoms with Gasteiger partial charge in [0.1, 0.15) is 11.3 Å². The van der Waals surface area contributed by atoms with E-state index in [1.807, 2.05) is 60.0 Å². The quantitative estimate of drug-likeness (QED) is 0.190. The summed E-state index contributed by atoms with van der Waals surface area (Å²) in [5, 5.41) is 10.5. The molecule has 0 amide bonds. The molecule has 0 aliphatic heterocycles. The van der Waals surface area contributed by atoms with E-state index >= 15 is 0 Å². The highest BCUT2D eigenvalue weighted by Crippen LogP contribution is 2.32. The second-order valence-electron chi connectivity index (χ2n) is 6.95. The van der Waals surface area contributed by atoms with Gasteiger partial charge in [-0.1, -0.05) is 36.0 Å². The number of ether oxygens (including phenoxy) is 1. The molecule has 0 radical (unpaired) electrons. The van der Waals surface area contributed by atoms with E-state index in [4.69, 9.17) is 9.15 Å². The molecule has 0 aliphatic carbocycles. The predicted molar refractivity (Wildman–Crippen MR) is 123 cm³/mol. The van der Waals surface area contributed by atoms with Crippen molar-refractivity contribution in [3.63, 3.8) is 0 Å². The highest BCUT2D eigenvalue weighted by molar-refractivity contribution is 7.98. The zero-order valence-electron chi connectivity index (χ0n) is 17.5. The van der Waals surface area contributed by atoms with Crippen molar-refractivity contribution in [1.82, 2.24) is 14.8 Å². The standard InChI is InChI=1S/C24H23N3O3S/c1-4-12-27-23(22-14-18-8-6-7-9-21(18)30-22)25-26-24(27)31-15-19-13-17(16(3)28)10-11-20(19)29-5-2/h4,6-11,13-14H,1,5,12,15H2,2-3H3. The molecule has 2 aromatic heterocycles. The highest BCUT2D eigenvalue weighted by atomic mass is 32.2. The van der Waals surface area contributed by atoms with Crippen LogP contribution in [0.2, 0.25) is 0 Å². The summed E-state index contributed by atoms with van der Waals surface area (Å²) in [6.07, 6.45) is 1.81. The molecule has 2 heterocycles. The maximum absolute atomic E-state index is 11.8. The summed E-state index contributed by atoms with van der Waals surface area (Å²) in [6, 6.07) is 15.3. The Morgan fingerprint density at radius 3 is 2.81 bits per heavy atom. The number of rotatable bonds is 9. The largest absolute Gasteiger partial charge is 0.494 e. The van der Waals surface area contributed by atoms with Gasteiger partial charge in [-0.05, 0) is 44.2 Å². The fourth-order valence-electron chi connectivity index (χ4n) is 3.31. The number of Topliss-reactive ketones (excluding diaryl/α,β-unsaturated/α-hetero) is 1. The van der Waals surface area contributed by atoms with E-state index in [1.165, 1.54) is 11.8 Å². The molecule has 2 aromatic carbocycles. The number of benzene rings is 2. The Bertz CT molecular complexity index is 1210. The zero-order valence-corrected chi connectivity index (χ0v) is 18.3. The van der Waals surface area contributed by atoms with Crippen molar-refractivity contribution >= 4 is 28.5 Å². The van der Waals surface area contributed by atoms with Gasteiger partial charge >= 0.3 is 0 Å². The predicted octanol–water partition coefficient (Wildman–Crippen LogP) is 5.77. The van der Waals surface area contributed by atoms with Gasteiger partial charge in [-0.15, -0.1) is 16.8 Å². The second kappa shape index (κ2) is 9.22. The van der Waals surface area contributed by atoms with E-state index in [9.17, 15) is 4.79 Å². The molecule has 0 unspecified atom stereocenters. The van der Waals surface area contributed by atoms with Crippen molar-refractivity contribution in [1.29, 1.82) is 0 Å². The molecule has 0 aliphatic rings. The van der Waals surface area contributed by atoms with Crippen LogP contribution in [0.25, 0.3) is 22.6 Å². The second-order valence-corrected chi connectivity index (χ2v) is 7.90. The third-order valence-electron chi connectivity index (χ3n) is 4.80. The molecular formula is C24H23N3O3S. The van der Waals surface area contributed by atoms with Gasteiger partial charge in [0, 0.05) is 28.8 Å². The third kappa shape index (κ3) is 4.41. The average Bonchev–Trinajstić information content (AvgIpc) is 3.37. The van der Waals surface area contributed by atoms with Gasteiger partial charge in [0.05, 0.1) is 6.61 Å². The van der Waals surface area contributed by atoms with Crippen molar-refractivity contribution < 1.29 is 13.9 Å². The fraction of sp³-hybridized carbons (Fsp3) is 0.208. The van der Waals surface area contributed by atoms with Crippen LogP contribution in [-0.2, 0) is 12.3 Å². The molecule has 0 bridgehead atoms. The van der Waals surface area contributed by atoms with Gasteiger partial charge in [0.25, 0.3) is 0 Å². The molecule has 7 heteroatoms. The Kier molecular flexibility index (Phi) is 6.23. The smallest absolute Gasteiger partial charge is 0.200 e. The lowest BCUT2D eigenvalue weighted by Crippen LogP contribution is -2.02. The minimum Gasteiger partial charge on any atom is -0.494 e. The molecule has 31 heavy (non-hydrogen) atoms. The van der Waals surface area contributed by atoms with Crippen molar-refractivity contribution in [2.75, 3.05) is 6.61 Å². The zero-order chi connectivity index (χ0) is 21.8. The maximum Gasteiger partial charge on any atom is 0.200 e. The number of furan rings is 1. The number of para-hydroxylation sites is 1. The first-order valence-corrected chi connectivity index (χ1v) is 11.0. The van der Waals surface area contributed by atoms with Crippen molar-refractivity contribution in [2.24, 2.45) is 0 Å². The van der Waals surface area contributed by atoms with Crippen molar-refractivity contribution in [2.45, 2.75) is 31.3 Å². The monoisotopic (exact) mass is 433 g/mol. The Morgan fingerprint density at radius 2 is 2.06 bits per heavy atom. The van der Waals surface area contributed by atoms with Gasteiger partial charge < -0.3 is 9.15 Å². The average molecular weight is 434 g/mol. The summed E-state index contributed by atoms with van der Waals surface area (Å²) in [7, 11) is 0. The van der Waals surface area contributed by atoms with Gasteiger partial charge in [-0.25, -0.2) is 0 Å². The minimum atomic E-state index is 0.0243. The summed E-state index contributed by atoms with van der Waals surface area (Å²) in [5.41, 5.74) is 2.41. The molecule has 0 spiro atoms. The van der Waals surface area contributed by atoms with E-state index in [2.05, 4.69) is 16.8 Å². The maximum atomic E-state index is 11.8. The summed E-state index contributed by atoms with van der Waals surface area (Å²) in [6.45, 7) is 8.48. The van der Waals surface area contributed by atoms with Crippen LogP contribution >= 0.6 is 11.8 Å². The highest BCUT2D eigenvalue weighted by Gasteiger charge is 2.18. The Balaban J connectivity index is 1.64. The Labute approximate surface area is 184 Å². The number of hydrogen-bond acceptors (Lipinski definition) is 6. The van der Waals surface area contributed by atoms with Crippen LogP contribution in [0.15, 0.2) is 70.8 Å². The number of carbonyl (C=O) groups is 1. The van der Waals surface area contributed by atoms with Crippen molar-refractivity contribution in [3.8, 4) is 17.3 Å². The molecule has 4 aromatic rings. The Hall–Kier alpha value is -3.32. The number of ketones is 1. The third-order valence-corrected chi connectivity index (χ3v) is 5.81.